The van der Waals surface area contributed by atoms with Gasteiger partial charge in [0.05, 0.1) is 5.01 Å². The van der Waals surface area contributed by atoms with E-state index < -0.39 is 5.97 Å². The highest BCUT2D eigenvalue weighted by atomic mass is 32.1. The van der Waals surface area contributed by atoms with Gasteiger partial charge in [0.15, 0.2) is 5.69 Å². The molecule has 3 heterocycles. The zero-order valence-corrected chi connectivity index (χ0v) is 12.0. The van der Waals surface area contributed by atoms with E-state index in [1.807, 2.05) is 17.5 Å². The average molecular weight is 305 g/mol. The molecule has 0 bridgehead atoms. The van der Waals surface area contributed by atoms with Gasteiger partial charge in [-0.05, 0) is 17.5 Å². The number of nitrogens with zero attached hydrogens (tertiary/aromatic N) is 2. The fraction of sp³-hybridized carbons (Fsp3) is 0.154. The Morgan fingerprint density at radius 1 is 1.35 bits per heavy atom. The minimum atomic E-state index is -0.981. The molecule has 5 nitrogen and oxygen atoms in total. The van der Waals surface area contributed by atoms with Crippen molar-refractivity contribution in [2.45, 2.75) is 6.42 Å². The minimum absolute atomic E-state index is 0.114. The fourth-order valence-electron chi connectivity index (χ4n) is 1.85. The summed E-state index contributed by atoms with van der Waals surface area (Å²) in [6.45, 7) is 0.675. The second kappa shape index (κ2) is 5.56. The molecule has 0 atom stereocenters. The van der Waals surface area contributed by atoms with Crippen molar-refractivity contribution in [3.05, 3.63) is 39.8 Å². The number of hydrogen-bond donors (Lipinski definition) is 2. The Morgan fingerprint density at radius 3 is 3.05 bits per heavy atom. The first-order chi connectivity index (χ1) is 9.74. The number of hydrogen-bond acceptors (Lipinski definition) is 6. The maximum Gasteiger partial charge on any atom is 0.355 e. The normalized spacial score (nSPS) is 10.8. The quantitative estimate of drug-likeness (QED) is 0.757. The van der Waals surface area contributed by atoms with E-state index in [1.165, 1.54) is 16.0 Å². The Morgan fingerprint density at radius 2 is 2.25 bits per heavy atom. The first kappa shape index (κ1) is 13.0. The number of carboxylic acids is 1. The molecule has 3 rings (SSSR count). The van der Waals surface area contributed by atoms with Gasteiger partial charge in [-0.15, -0.1) is 22.7 Å². The molecule has 0 aliphatic heterocycles. The van der Waals surface area contributed by atoms with Crippen molar-refractivity contribution in [1.82, 2.24) is 9.97 Å². The van der Waals surface area contributed by atoms with E-state index in [0.717, 1.165) is 16.2 Å². The molecule has 0 saturated carbocycles. The molecule has 102 valence electrons. The van der Waals surface area contributed by atoms with Crippen molar-refractivity contribution >= 4 is 44.5 Å². The van der Waals surface area contributed by atoms with Crippen molar-refractivity contribution in [2.75, 3.05) is 11.9 Å². The monoisotopic (exact) mass is 305 g/mol. The minimum Gasteiger partial charge on any atom is -0.476 e. The zero-order chi connectivity index (χ0) is 13.9. The van der Waals surface area contributed by atoms with Crippen LogP contribution in [0.25, 0.3) is 10.1 Å². The van der Waals surface area contributed by atoms with Gasteiger partial charge in [-0.2, -0.15) is 0 Å². The lowest BCUT2D eigenvalue weighted by atomic mass is 10.3. The Labute approximate surface area is 122 Å². The topological polar surface area (TPSA) is 75.1 Å². The molecule has 0 amide bonds. The number of thiophene rings is 1. The van der Waals surface area contributed by atoms with Gasteiger partial charge < -0.3 is 10.4 Å². The number of nitrogens with one attached hydrogen (secondary N) is 1. The van der Waals surface area contributed by atoms with Crippen molar-refractivity contribution in [2.24, 2.45) is 0 Å². The molecule has 3 aromatic rings. The van der Waals surface area contributed by atoms with E-state index >= 15 is 0 Å². The van der Waals surface area contributed by atoms with Crippen LogP contribution in [0.3, 0.4) is 0 Å². The summed E-state index contributed by atoms with van der Waals surface area (Å²) in [6, 6.07) is 4.03. The van der Waals surface area contributed by atoms with Crippen molar-refractivity contribution in [1.29, 1.82) is 0 Å². The maximum atomic E-state index is 10.7. The highest BCUT2D eigenvalue weighted by Gasteiger charge is 2.08. The first-order valence-corrected chi connectivity index (χ1v) is 7.74. The van der Waals surface area contributed by atoms with Gasteiger partial charge in [0.25, 0.3) is 0 Å². The lowest BCUT2D eigenvalue weighted by Gasteiger charge is -2.05. The molecule has 3 aromatic heterocycles. The van der Waals surface area contributed by atoms with E-state index in [1.54, 1.807) is 22.9 Å². The van der Waals surface area contributed by atoms with E-state index in [9.17, 15) is 4.79 Å². The highest BCUT2D eigenvalue weighted by molar-refractivity contribution is 7.17. The summed E-state index contributed by atoms with van der Waals surface area (Å²) in [5.74, 6) is -0.121. The number of anilines is 1. The molecule has 0 unspecified atom stereocenters. The van der Waals surface area contributed by atoms with Crippen LogP contribution in [0, 0.1) is 0 Å². The third kappa shape index (κ3) is 2.63. The van der Waals surface area contributed by atoms with Gasteiger partial charge in [-0.1, -0.05) is 0 Å². The van der Waals surface area contributed by atoms with E-state index in [2.05, 4.69) is 15.3 Å². The predicted octanol–water partition coefficient (Wildman–Crippen LogP) is 3.11. The Hall–Kier alpha value is -1.99. The summed E-state index contributed by atoms with van der Waals surface area (Å²) >= 11 is 3.05. The Bertz CT molecular complexity index is 751. The lowest BCUT2D eigenvalue weighted by molar-refractivity contribution is 0.0691. The first-order valence-electron chi connectivity index (χ1n) is 5.98. The number of rotatable bonds is 5. The molecule has 20 heavy (non-hydrogen) atoms. The Balaban J connectivity index is 1.64. The summed E-state index contributed by atoms with van der Waals surface area (Å²) in [7, 11) is 0. The van der Waals surface area contributed by atoms with E-state index in [-0.39, 0.29) is 5.69 Å². The summed E-state index contributed by atoms with van der Waals surface area (Å²) in [6.07, 6.45) is 2.47. The molecular formula is C13H11N3O2S2. The Kier molecular flexibility index (Phi) is 3.62. The lowest BCUT2D eigenvalue weighted by Crippen LogP contribution is -2.06. The van der Waals surface area contributed by atoms with Gasteiger partial charge >= 0.3 is 5.97 Å². The molecule has 0 radical (unpaired) electrons. The zero-order valence-electron chi connectivity index (χ0n) is 10.4. The van der Waals surface area contributed by atoms with Gasteiger partial charge in [-0.25, -0.2) is 14.8 Å². The molecule has 0 aliphatic rings. The van der Waals surface area contributed by atoms with E-state index in [0.29, 0.717) is 13.0 Å². The predicted molar refractivity (Wildman–Crippen MR) is 80.9 cm³/mol. The van der Waals surface area contributed by atoms with Crippen LogP contribution in [0.15, 0.2) is 29.1 Å². The van der Waals surface area contributed by atoms with Crippen LogP contribution in [0.1, 0.15) is 15.5 Å². The van der Waals surface area contributed by atoms with Crippen LogP contribution in [0.2, 0.25) is 0 Å². The molecule has 0 aromatic carbocycles. The number of thiazole rings is 1. The number of carboxylic acid groups (broad SMARTS) is 1. The largest absolute Gasteiger partial charge is 0.476 e. The summed E-state index contributed by atoms with van der Waals surface area (Å²) in [4.78, 5) is 19.1. The fourth-order valence-corrected chi connectivity index (χ4v) is 3.40. The summed E-state index contributed by atoms with van der Waals surface area (Å²) < 4.78 is 1.20. The second-order valence-corrected chi connectivity index (χ2v) is 5.99. The maximum absolute atomic E-state index is 10.7. The van der Waals surface area contributed by atoms with Crippen LogP contribution in [0.4, 0.5) is 5.82 Å². The number of carbonyl (C=O) groups is 1. The van der Waals surface area contributed by atoms with Crippen LogP contribution in [-0.2, 0) is 6.42 Å². The van der Waals surface area contributed by atoms with E-state index in [4.69, 9.17) is 5.11 Å². The number of fused-ring (bicyclic) bond motifs is 1. The molecule has 0 fully saturated rings. The van der Waals surface area contributed by atoms with Crippen LogP contribution >= 0.6 is 22.7 Å². The number of pyridine rings is 1. The number of aromatic carboxylic acids is 1. The SMILES string of the molecule is O=C(O)c1csc(CCNc2nccc3sccc23)n1. The molecule has 7 heteroatoms. The molecule has 0 aliphatic carbocycles. The van der Waals surface area contributed by atoms with Gasteiger partial charge in [0.2, 0.25) is 0 Å². The van der Waals surface area contributed by atoms with Crippen molar-refractivity contribution < 1.29 is 9.90 Å². The third-order valence-corrected chi connectivity index (χ3v) is 4.57. The molecule has 2 N–H and O–H groups in total. The summed E-state index contributed by atoms with van der Waals surface area (Å²) in [5, 5.41) is 17.6. The van der Waals surface area contributed by atoms with Gasteiger partial charge in [0.1, 0.15) is 5.82 Å². The average Bonchev–Trinajstić information content (AvgIpc) is 3.07. The molecular weight excluding hydrogens is 294 g/mol. The van der Waals surface area contributed by atoms with Gasteiger partial charge in [0, 0.05) is 34.6 Å². The second-order valence-electron chi connectivity index (χ2n) is 4.10. The molecule has 0 saturated heterocycles. The highest BCUT2D eigenvalue weighted by Crippen LogP contribution is 2.25. The molecule has 0 spiro atoms. The van der Waals surface area contributed by atoms with Crippen LogP contribution in [0.5, 0.6) is 0 Å². The number of aromatic nitrogens is 2. The van der Waals surface area contributed by atoms with Gasteiger partial charge in [-0.3, -0.25) is 0 Å². The van der Waals surface area contributed by atoms with Crippen molar-refractivity contribution in [3.63, 3.8) is 0 Å². The smallest absolute Gasteiger partial charge is 0.355 e. The van der Waals surface area contributed by atoms with Crippen LogP contribution in [-0.4, -0.2) is 27.6 Å². The summed E-state index contributed by atoms with van der Waals surface area (Å²) in [5.41, 5.74) is 0.114. The van der Waals surface area contributed by atoms with Crippen molar-refractivity contribution in [3.8, 4) is 0 Å². The van der Waals surface area contributed by atoms with Crippen LogP contribution < -0.4 is 5.32 Å². The third-order valence-electron chi connectivity index (χ3n) is 2.78. The standard InChI is InChI=1S/C13H11N3O2S2/c17-13(18)9-7-20-11(16-9)2-5-15-12-8-3-6-19-10(8)1-4-14-12/h1,3-4,6-7H,2,5H2,(H,14,15)(H,17,18).